The molecule has 2 N–H and O–H groups in total. The lowest BCUT2D eigenvalue weighted by Crippen LogP contribution is -2.48. The van der Waals surface area contributed by atoms with E-state index in [2.05, 4.69) is 32.1 Å². The Kier molecular flexibility index (Phi) is 7.89. The lowest BCUT2D eigenvalue weighted by atomic mass is 10.1. The molecule has 0 bridgehead atoms. The zero-order valence-corrected chi connectivity index (χ0v) is 15.8. The number of alkyl halides is 3. The topological polar surface area (TPSA) is 52.5 Å². The molecule has 0 saturated carbocycles. The van der Waals surface area contributed by atoms with Crippen LogP contribution in [0, 0.1) is 0 Å². The number of hydrogen-bond donors (Lipinski definition) is 2. The molecule has 1 fully saturated rings. The normalized spacial score (nSPS) is 17.3. The molecule has 0 atom stereocenters. The third-order valence-corrected chi connectivity index (χ3v) is 5.01. The van der Waals surface area contributed by atoms with Gasteiger partial charge in [-0.25, -0.2) is 4.98 Å². The second kappa shape index (κ2) is 9.91. The maximum absolute atomic E-state index is 12.6. The molecular formula is C17H26F3N5S. The van der Waals surface area contributed by atoms with Gasteiger partial charge in [-0.2, -0.15) is 13.2 Å². The van der Waals surface area contributed by atoms with Gasteiger partial charge in [0.1, 0.15) is 0 Å². The van der Waals surface area contributed by atoms with Gasteiger partial charge in [0, 0.05) is 50.6 Å². The number of guanidine groups is 1. The molecule has 2 heterocycles. The smallest absolute Gasteiger partial charge is 0.357 e. The number of piperidine rings is 1. The van der Waals surface area contributed by atoms with Crippen LogP contribution in [-0.2, 0) is 12.6 Å². The molecule has 0 radical (unpaired) electrons. The average molecular weight is 389 g/mol. The van der Waals surface area contributed by atoms with Crippen molar-refractivity contribution in [2.75, 3.05) is 32.7 Å². The fourth-order valence-electron chi connectivity index (χ4n) is 2.78. The van der Waals surface area contributed by atoms with Crippen LogP contribution in [0.5, 0.6) is 0 Å². The van der Waals surface area contributed by atoms with Crippen molar-refractivity contribution in [3.05, 3.63) is 28.7 Å². The molecule has 1 aliphatic heterocycles. The van der Waals surface area contributed by atoms with E-state index in [1.807, 2.05) is 13.0 Å². The molecule has 26 heavy (non-hydrogen) atoms. The molecule has 0 spiro atoms. The molecule has 0 aromatic carbocycles. The highest BCUT2D eigenvalue weighted by molar-refractivity contribution is 7.09. The van der Waals surface area contributed by atoms with Gasteiger partial charge in [-0.05, 0) is 19.8 Å². The van der Waals surface area contributed by atoms with Crippen molar-refractivity contribution >= 4 is 17.3 Å². The zero-order chi connectivity index (χ0) is 19.0. The molecule has 0 aliphatic carbocycles. The summed E-state index contributed by atoms with van der Waals surface area (Å²) in [6, 6.07) is 0.352. The third-order valence-electron chi connectivity index (χ3n) is 4.10. The molecule has 1 saturated heterocycles. The van der Waals surface area contributed by atoms with Crippen LogP contribution in [0.2, 0.25) is 0 Å². The molecule has 2 rings (SSSR count). The first-order valence-corrected chi connectivity index (χ1v) is 9.70. The second-order valence-corrected chi connectivity index (χ2v) is 7.09. The Morgan fingerprint density at radius 1 is 1.46 bits per heavy atom. The van der Waals surface area contributed by atoms with Gasteiger partial charge in [0.15, 0.2) is 11.7 Å². The molecular weight excluding hydrogens is 363 g/mol. The van der Waals surface area contributed by atoms with Crippen molar-refractivity contribution in [2.45, 2.75) is 38.4 Å². The number of hydrogen-bond acceptors (Lipinski definition) is 4. The van der Waals surface area contributed by atoms with Crippen molar-refractivity contribution < 1.29 is 13.2 Å². The van der Waals surface area contributed by atoms with Gasteiger partial charge in [0.25, 0.3) is 0 Å². The van der Waals surface area contributed by atoms with E-state index in [1.165, 1.54) is 0 Å². The summed E-state index contributed by atoms with van der Waals surface area (Å²) >= 11 is 1.03. The summed E-state index contributed by atoms with van der Waals surface area (Å²) in [4.78, 5) is 10.5. The summed E-state index contributed by atoms with van der Waals surface area (Å²) in [6.45, 7) is 9.83. The quantitative estimate of drug-likeness (QED) is 0.428. The summed E-state index contributed by atoms with van der Waals surface area (Å²) in [5, 5.41) is 8.13. The third kappa shape index (κ3) is 6.60. The molecule has 0 amide bonds. The van der Waals surface area contributed by atoms with E-state index in [0.717, 1.165) is 55.7 Å². The largest absolute Gasteiger partial charge is 0.434 e. The first-order valence-electron chi connectivity index (χ1n) is 8.82. The van der Waals surface area contributed by atoms with Crippen LogP contribution in [0.25, 0.3) is 0 Å². The molecule has 5 nitrogen and oxygen atoms in total. The van der Waals surface area contributed by atoms with Gasteiger partial charge in [-0.1, -0.05) is 6.08 Å². The Bertz CT molecular complexity index is 591. The summed E-state index contributed by atoms with van der Waals surface area (Å²) in [7, 11) is 0. The van der Waals surface area contributed by atoms with Gasteiger partial charge in [-0.15, -0.1) is 17.9 Å². The monoisotopic (exact) mass is 389 g/mol. The number of halogens is 3. The Morgan fingerprint density at radius 3 is 2.77 bits per heavy atom. The van der Waals surface area contributed by atoms with Crippen molar-refractivity contribution in [1.29, 1.82) is 0 Å². The predicted molar refractivity (Wildman–Crippen MR) is 99.6 cm³/mol. The van der Waals surface area contributed by atoms with E-state index in [0.29, 0.717) is 30.0 Å². The van der Waals surface area contributed by atoms with Gasteiger partial charge in [-0.3, -0.25) is 9.89 Å². The zero-order valence-electron chi connectivity index (χ0n) is 15.0. The van der Waals surface area contributed by atoms with Crippen LogP contribution in [0.15, 0.2) is 23.0 Å². The van der Waals surface area contributed by atoms with Gasteiger partial charge >= 0.3 is 6.18 Å². The van der Waals surface area contributed by atoms with E-state index in [-0.39, 0.29) is 0 Å². The minimum Gasteiger partial charge on any atom is -0.357 e. The van der Waals surface area contributed by atoms with E-state index in [9.17, 15) is 13.2 Å². The molecule has 1 aromatic heterocycles. The number of likely N-dealkylation sites (tertiary alicyclic amines) is 1. The number of nitrogens with zero attached hydrogens (tertiary/aromatic N) is 3. The van der Waals surface area contributed by atoms with Crippen LogP contribution in [0.4, 0.5) is 13.2 Å². The number of rotatable bonds is 7. The molecule has 9 heteroatoms. The SMILES string of the molecule is C=CCN1CCC(NC(=NCCc2nc(C(F)(F)F)cs2)NCC)CC1. The van der Waals surface area contributed by atoms with E-state index < -0.39 is 11.9 Å². The fourth-order valence-corrected chi connectivity index (χ4v) is 3.57. The van der Waals surface area contributed by atoms with Crippen molar-refractivity contribution in [3.8, 4) is 0 Å². The highest BCUT2D eigenvalue weighted by Crippen LogP contribution is 2.30. The maximum atomic E-state index is 12.6. The predicted octanol–water partition coefficient (Wildman–Crippen LogP) is 2.91. The second-order valence-electron chi connectivity index (χ2n) is 6.14. The summed E-state index contributed by atoms with van der Waals surface area (Å²) in [5.74, 6) is 0.710. The van der Waals surface area contributed by atoms with Crippen LogP contribution in [0.1, 0.15) is 30.5 Å². The number of thiazole rings is 1. The highest BCUT2D eigenvalue weighted by Gasteiger charge is 2.33. The van der Waals surface area contributed by atoms with Crippen LogP contribution in [-0.4, -0.2) is 54.6 Å². The van der Waals surface area contributed by atoms with Crippen LogP contribution in [0.3, 0.4) is 0 Å². The average Bonchev–Trinajstić information content (AvgIpc) is 3.06. The minimum absolute atomic E-state index is 0.352. The lowest BCUT2D eigenvalue weighted by molar-refractivity contribution is -0.140. The van der Waals surface area contributed by atoms with E-state index in [4.69, 9.17) is 0 Å². The first-order chi connectivity index (χ1) is 12.4. The van der Waals surface area contributed by atoms with Crippen LogP contribution < -0.4 is 10.6 Å². The first kappa shape index (κ1) is 20.7. The Labute approximate surface area is 156 Å². The molecule has 1 aliphatic rings. The Balaban J connectivity index is 1.83. The number of aromatic nitrogens is 1. The molecule has 146 valence electrons. The van der Waals surface area contributed by atoms with E-state index >= 15 is 0 Å². The fraction of sp³-hybridized carbons (Fsp3) is 0.647. The molecule has 0 unspecified atom stereocenters. The Hall–Kier alpha value is -1.61. The lowest BCUT2D eigenvalue weighted by Gasteiger charge is -2.32. The van der Waals surface area contributed by atoms with Crippen LogP contribution >= 0.6 is 11.3 Å². The minimum atomic E-state index is -4.38. The van der Waals surface area contributed by atoms with Gasteiger partial charge in [0.2, 0.25) is 0 Å². The Morgan fingerprint density at radius 2 is 2.19 bits per heavy atom. The van der Waals surface area contributed by atoms with E-state index in [1.54, 1.807) is 0 Å². The van der Waals surface area contributed by atoms with Gasteiger partial charge < -0.3 is 10.6 Å². The van der Waals surface area contributed by atoms with Crippen molar-refractivity contribution in [2.24, 2.45) is 4.99 Å². The summed E-state index contributed by atoms with van der Waals surface area (Å²) in [5.41, 5.74) is -0.821. The standard InChI is InChI=1S/C17H26F3N5S/c1-3-9-25-10-6-13(7-11-25)23-16(21-4-2)22-8-5-15-24-14(12-26-15)17(18,19)20/h3,12-13H,1,4-11H2,2H3,(H2,21,22,23). The van der Waals surface area contributed by atoms with Gasteiger partial charge in [0.05, 0.1) is 5.01 Å². The maximum Gasteiger partial charge on any atom is 0.434 e. The highest BCUT2D eigenvalue weighted by atomic mass is 32.1. The summed E-state index contributed by atoms with van der Waals surface area (Å²) < 4.78 is 37.7. The van der Waals surface area contributed by atoms with Crippen molar-refractivity contribution in [3.63, 3.8) is 0 Å². The van der Waals surface area contributed by atoms with Crippen molar-refractivity contribution in [1.82, 2.24) is 20.5 Å². The molecule has 1 aromatic rings. The number of aliphatic imine (C=N–C) groups is 1. The number of nitrogens with one attached hydrogen (secondary N) is 2. The summed E-state index contributed by atoms with van der Waals surface area (Å²) in [6.07, 6.45) is -0.00842.